The van der Waals surface area contributed by atoms with E-state index in [1.807, 2.05) is 6.92 Å². The van der Waals surface area contributed by atoms with E-state index in [2.05, 4.69) is 15.8 Å². The molecule has 0 N–H and O–H groups in total. The molecule has 0 heterocycles. The van der Waals surface area contributed by atoms with Crippen LogP contribution in [0.3, 0.4) is 0 Å². The van der Waals surface area contributed by atoms with E-state index in [9.17, 15) is 0 Å². The predicted molar refractivity (Wildman–Crippen MR) is 57.2 cm³/mol. The van der Waals surface area contributed by atoms with Gasteiger partial charge in [-0.05, 0) is 38.5 Å². The monoisotopic (exact) mass is 201 g/mol. The minimum Gasteiger partial charge on any atom is -0.233 e. The lowest BCUT2D eigenvalue weighted by molar-refractivity contribution is 0.237. The van der Waals surface area contributed by atoms with Crippen molar-refractivity contribution in [3.05, 3.63) is 22.8 Å². The van der Waals surface area contributed by atoms with E-state index >= 15 is 0 Å². The van der Waals surface area contributed by atoms with E-state index in [0.717, 1.165) is 25.7 Å². The molecule has 1 saturated carbocycles. The van der Waals surface area contributed by atoms with Gasteiger partial charge in [0.1, 0.15) is 5.92 Å². The van der Waals surface area contributed by atoms with Crippen molar-refractivity contribution < 1.29 is 0 Å². The van der Waals surface area contributed by atoms with Crippen LogP contribution < -0.4 is 0 Å². The molecule has 1 rings (SSSR count). The SMILES string of the molecule is [C-]#[N+]C([N+]#[C-])C1CCC(C(C)C#N)CC1. The molecule has 1 unspecified atom stereocenters. The van der Waals surface area contributed by atoms with Crippen LogP contribution in [0.4, 0.5) is 0 Å². The minimum atomic E-state index is -0.483. The van der Waals surface area contributed by atoms with Crippen molar-refractivity contribution >= 4 is 0 Å². The van der Waals surface area contributed by atoms with Gasteiger partial charge in [-0.25, -0.2) is 22.8 Å². The lowest BCUT2D eigenvalue weighted by Gasteiger charge is -2.26. The smallest absolute Gasteiger partial charge is 0.233 e. The maximum absolute atomic E-state index is 8.81. The summed E-state index contributed by atoms with van der Waals surface area (Å²) in [4.78, 5) is 6.70. The van der Waals surface area contributed by atoms with E-state index in [-0.39, 0.29) is 11.8 Å². The Morgan fingerprint density at radius 1 is 1.13 bits per heavy atom. The average Bonchev–Trinajstić information content (AvgIpc) is 2.30. The van der Waals surface area contributed by atoms with Gasteiger partial charge in [-0.2, -0.15) is 5.26 Å². The highest BCUT2D eigenvalue weighted by Gasteiger charge is 2.36. The van der Waals surface area contributed by atoms with Gasteiger partial charge in [0.25, 0.3) is 0 Å². The number of nitrogens with zero attached hydrogens (tertiary/aromatic N) is 3. The van der Waals surface area contributed by atoms with Crippen LogP contribution in [0.15, 0.2) is 0 Å². The minimum absolute atomic E-state index is 0.116. The molecule has 0 aromatic carbocycles. The second-order valence-electron chi connectivity index (χ2n) is 4.26. The standard InChI is InChI=1S/C12H15N3/c1-9(8-13)10-4-6-11(7-5-10)12(14-2)15-3/h9-12H,4-7H2,1H3. The van der Waals surface area contributed by atoms with Crippen molar-refractivity contribution in [3.8, 4) is 6.07 Å². The Balaban J connectivity index is 2.48. The molecule has 0 aromatic heterocycles. The van der Waals surface area contributed by atoms with E-state index in [4.69, 9.17) is 18.4 Å². The average molecular weight is 201 g/mol. The zero-order chi connectivity index (χ0) is 11.3. The molecule has 0 aliphatic heterocycles. The maximum Gasteiger partial charge on any atom is 0.477 e. The van der Waals surface area contributed by atoms with Gasteiger partial charge in [0, 0.05) is 5.92 Å². The first-order chi connectivity index (χ1) is 7.22. The van der Waals surface area contributed by atoms with Crippen molar-refractivity contribution in [1.29, 1.82) is 5.26 Å². The third-order valence-corrected chi connectivity index (χ3v) is 3.41. The van der Waals surface area contributed by atoms with E-state index < -0.39 is 6.17 Å². The molecule has 78 valence electrons. The molecule has 0 bridgehead atoms. The van der Waals surface area contributed by atoms with Crippen molar-refractivity contribution in [1.82, 2.24) is 0 Å². The zero-order valence-corrected chi connectivity index (χ0v) is 8.98. The van der Waals surface area contributed by atoms with E-state index in [1.54, 1.807) is 0 Å². The lowest BCUT2D eigenvalue weighted by atomic mass is 9.76. The number of nitriles is 1. The van der Waals surface area contributed by atoms with Crippen molar-refractivity contribution in [2.45, 2.75) is 38.8 Å². The molecular formula is C12H15N3. The molecule has 0 amide bonds. The molecule has 1 fully saturated rings. The van der Waals surface area contributed by atoms with Crippen LogP contribution in [0.2, 0.25) is 0 Å². The van der Waals surface area contributed by atoms with Crippen molar-refractivity contribution in [2.75, 3.05) is 0 Å². The molecule has 1 aliphatic carbocycles. The Bertz CT molecular complexity index is 306. The van der Waals surface area contributed by atoms with Crippen LogP contribution in [0, 0.1) is 42.2 Å². The van der Waals surface area contributed by atoms with E-state index in [0.29, 0.717) is 5.92 Å². The summed E-state index contributed by atoms with van der Waals surface area (Å²) >= 11 is 0. The molecule has 1 aliphatic rings. The van der Waals surface area contributed by atoms with Crippen molar-refractivity contribution in [3.63, 3.8) is 0 Å². The molecule has 0 aromatic rings. The van der Waals surface area contributed by atoms with Crippen LogP contribution in [0.1, 0.15) is 32.6 Å². The van der Waals surface area contributed by atoms with Gasteiger partial charge < -0.3 is 0 Å². The Kier molecular flexibility index (Phi) is 4.14. The first kappa shape index (κ1) is 11.5. The summed E-state index contributed by atoms with van der Waals surface area (Å²) in [5.74, 6) is 0.829. The Morgan fingerprint density at radius 3 is 2.00 bits per heavy atom. The van der Waals surface area contributed by atoms with Gasteiger partial charge in [0.2, 0.25) is 0 Å². The van der Waals surface area contributed by atoms with Gasteiger partial charge in [0.15, 0.2) is 0 Å². The fourth-order valence-corrected chi connectivity index (χ4v) is 2.29. The third kappa shape index (κ3) is 2.71. The third-order valence-electron chi connectivity index (χ3n) is 3.41. The van der Waals surface area contributed by atoms with Crippen LogP contribution in [-0.4, -0.2) is 6.17 Å². The second kappa shape index (κ2) is 5.38. The summed E-state index contributed by atoms with van der Waals surface area (Å²) in [6.07, 6.45) is 3.39. The fourth-order valence-electron chi connectivity index (χ4n) is 2.29. The first-order valence-corrected chi connectivity index (χ1v) is 5.35. The number of hydrogen-bond acceptors (Lipinski definition) is 1. The van der Waals surface area contributed by atoms with Crippen LogP contribution in [-0.2, 0) is 0 Å². The molecule has 0 saturated heterocycles. The van der Waals surface area contributed by atoms with Crippen LogP contribution >= 0.6 is 0 Å². The molecule has 3 heteroatoms. The molecule has 1 atom stereocenters. The predicted octanol–water partition coefficient (Wildman–Crippen LogP) is 3.12. The summed E-state index contributed by atoms with van der Waals surface area (Å²) in [6, 6.07) is 2.29. The lowest BCUT2D eigenvalue weighted by Crippen LogP contribution is -2.24. The van der Waals surface area contributed by atoms with Crippen LogP contribution in [0.5, 0.6) is 0 Å². The molecule has 0 radical (unpaired) electrons. The highest BCUT2D eigenvalue weighted by Crippen LogP contribution is 2.35. The first-order valence-electron chi connectivity index (χ1n) is 5.35. The maximum atomic E-state index is 8.81. The van der Waals surface area contributed by atoms with Gasteiger partial charge in [0.05, 0.1) is 6.07 Å². The molecule has 15 heavy (non-hydrogen) atoms. The van der Waals surface area contributed by atoms with E-state index in [1.165, 1.54) is 0 Å². The Morgan fingerprint density at radius 2 is 1.60 bits per heavy atom. The molecule has 0 spiro atoms. The topological polar surface area (TPSA) is 32.5 Å². The quantitative estimate of drug-likeness (QED) is 0.632. The highest BCUT2D eigenvalue weighted by molar-refractivity contribution is 4.96. The van der Waals surface area contributed by atoms with Crippen molar-refractivity contribution in [2.24, 2.45) is 17.8 Å². The summed E-state index contributed by atoms with van der Waals surface area (Å²) in [5.41, 5.74) is 0. The van der Waals surface area contributed by atoms with Gasteiger partial charge in [-0.3, -0.25) is 0 Å². The normalized spacial score (nSPS) is 27.4. The van der Waals surface area contributed by atoms with Gasteiger partial charge in [-0.15, -0.1) is 0 Å². The Hall–Kier alpha value is -1.53. The largest absolute Gasteiger partial charge is 0.477 e. The summed E-state index contributed by atoms with van der Waals surface area (Å²) in [7, 11) is 0. The zero-order valence-electron chi connectivity index (χ0n) is 8.98. The Labute approximate surface area is 91.3 Å². The fraction of sp³-hybridized carbons (Fsp3) is 0.750. The number of rotatable bonds is 2. The summed E-state index contributed by atoms with van der Waals surface area (Å²) < 4.78 is 0. The highest BCUT2D eigenvalue weighted by atomic mass is 14.9. The molecular weight excluding hydrogens is 186 g/mol. The molecule has 3 nitrogen and oxygen atoms in total. The summed E-state index contributed by atoms with van der Waals surface area (Å²) in [6.45, 7) is 15.8. The summed E-state index contributed by atoms with van der Waals surface area (Å²) in [5, 5.41) is 8.81. The van der Waals surface area contributed by atoms with Crippen LogP contribution in [0.25, 0.3) is 9.69 Å². The number of hydrogen-bond donors (Lipinski definition) is 0. The second-order valence-corrected chi connectivity index (χ2v) is 4.26. The van der Waals surface area contributed by atoms with Gasteiger partial charge in [-0.1, -0.05) is 0 Å². The van der Waals surface area contributed by atoms with Gasteiger partial charge >= 0.3 is 6.17 Å².